The van der Waals surface area contributed by atoms with Crippen LogP contribution in [0.5, 0.6) is 0 Å². The molecule has 0 amide bonds. The molecular formula is C10H14FN3O. The smallest absolute Gasteiger partial charge is 0.161 e. The van der Waals surface area contributed by atoms with Crippen molar-refractivity contribution in [2.75, 3.05) is 5.32 Å². The predicted molar refractivity (Wildman–Crippen MR) is 57.5 cm³/mol. The van der Waals surface area contributed by atoms with E-state index in [1.54, 1.807) is 12.1 Å². The number of amidine groups is 1. The fourth-order valence-electron chi connectivity index (χ4n) is 1.20. The van der Waals surface area contributed by atoms with E-state index in [4.69, 9.17) is 10.9 Å². The molecule has 1 aromatic rings. The van der Waals surface area contributed by atoms with Gasteiger partial charge in [-0.15, -0.1) is 0 Å². The number of nitrogens with one attached hydrogen (secondary N) is 1. The zero-order valence-corrected chi connectivity index (χ0v) is 8.44. The van der Waals surface area contributed by atoms with Gasteiger partial charge >= 0.3 is 0 Å². The number of rotatable bonds is 4. The first-order valence-electron chi connectivity index (χ1n) is 4.67. The van der Waals surface area contributed by atoms with Crippen LogP contribution in [0.25, 0.3) is 0 Å². The third-order valence-corrected chi connectivity index (χ3v) is 2.07. The lowest BCUT2D eigenvalue weighted by Crippen LogP contribution is -2.35. The summed E-state index contributed by atoms with van der Waals surface area (Å²) in [6, 6.07) is 5.65. The lowest BCUT2D eigenvalue weighted by atomic mass is 10.2. The van der Waals surface area contributed by atoms with E-state index in [2.05, 4.69) is 10.5 Å². The predicted octanol–water partition coefficient (Wildman–Crippen LogP) is 1.76. The van der Waals surface area contributed by atoms with Gasteiger partial charge in [0.1, 0.15) is 5.82 Å². The van der Waals surface area contributed by atoms with Crippen LogP contribution >= 0.6 is 0 Å². The van der Waals surface area contributed by atoms with E-state index < -0.39 is 0 Å². The maximum atomic E-state index is 12.6. The van der Waals surface area contributed by atoms with E-state index in [0.717, 1.165) is 5.69 Å². The van der Waals surface area contributed by atoms with Crippen molar-refractivity contribution in [3.8, 4) is 0 Å². The summed E-state index contributed by atoms with van der Waals surface area (Å²) < 4.78 is 12.6. The van der Waals surface area contributed by atoms with Crippen LogP contribution in [0.15, 0.2) is 29.4 Å². The molecule has 0 aromatic heterocycles. The average Bonchev–Trinajstić information content (AvgIpc) is 2.27. The maximum absolute atomic E-state index is 12.6. The van der Waals surface area contributed by atoms with Crippen LogP contribution in [0.3, 0.4) is 0 Å². The molecule has 0 heterocycles. The molecule has 5 heteroatoms. The molecule has 1 atom stereocenters. The third kappa shape index (κ3) is 3.12. The van der Waals surface area contributed by atoms with Crippen LogP contribution in [-0.4, -0.2) is 17.1 Å². The van der Waals surface area contributed by atoms with Crippen molar-refractivity contribution < 1.29 is 9.60 Å². The Bertz CT molecular complexity index is 337. The molecule has 0 saturated heterocycles. The molecule has 0 bridgehead atoms. The van der Waals surface area contributed by atoms with Gasteiger partial charge in [0.05, 0.1) is 6.04 Å². The van der Waals surface area contributed by atoms with Crippen molar-refractivity contribution in [2.24, 2.45) is 10.9 Å². The van der Waals surface area contributed by atoms with Gasteiger partial charge in [-0.05, 0) is 30.7 Å². The Labute approximate surface area is 87.6 Å². The second-order valence-electron chi connectivity index (χ2n) is 3.14. The monoisotopic (exact) mass is 211 g/mol. The summed E-state index contributed by atoms with van der Waals surface area (Å²) in [5, 5.41) is 14.5. The number of nitrogens with zero attached hydrogens (tertiary/aromatic N) is 1. The van der Waals surface area contributed by atoms with Crippen molar-refractivity contribution in [1.82, 2.24) is 0 Å². The summed E-state index contributed by atoms with van der Waals surface area (Å²) in [5.74, 6) is -0.181. The topological polar surface area (TPSA) is 70.6 Å². The molecular weight excluding hydrogens is 197 g/mol. The van der Waals surface area contributed by atoms with Crippen LogP contribution in [0.2, 0.25) is 0 Å². The fraction of sp³-hybridized carbons (Fsp3) is 0.300. The normalized spacial score (nSPS) is 13.6. The third-order valence-electron chi connectivity index (χ3n) is 2.07. The standard InChI is InChI=1S/C10H14FN3O/c1-2-9(10(12)14-15)13-8-5-3-7(11)4-6-8/h3-6,9,13,15H,2H2,1H3,(H2,12,14). The lowest BCUT2D eigenvalue weighted by molar-refractivity contribution is 0.316. The number of anilines is 1. The fourth-order valence-corrected chi connectivity index (χ4v) is 1.20. The molecule has 4 N–H and O–H groups in total. The van der Waals surface area contributed by atoms with E-state index in [1.807, 2.05) is 6.92 Å². The van der Waals surface area contributed by atoms with Gasteiger partial charge in [0.25, 0.3) is 0 Å². The van der Waals surface area contributed by atoms with Crippen molar-refractivity contribution in [3.05, 3.63) is 30.1 Å². The summed E-state index contributed by atoms with van der Waals surface area (Å²) in [5.41, 5.74) is 6.20. The minimum Gasteiger partial charge on any atom is -0.409 e. The van der Waals surface area contributed by atoms with Gasteiger partial charge in [-0.1, -0.05) is 12.1 Å². The average molecular weight is 211 g/mol. The summed E-state index contributed by atoms with van der Waals surface area (Å²) in [7, 11) is 0. The number of benzene rings is 1. The Hall–Kier alpha value is -1.78. The molecule has 1 aromatic carbocycles. The highest BCUT2D eigenvalue weighted by atomic mass is 19.1. The van der Waals surface area contributed by atoms with Crippen LogP contribution < -0.4 is 11.1 Å². The van der Waals surface area contributed by atoms with E-state index in [9.17, 15) is 4.39 Å². The Balaban J connectivity index is 2.71. The summed E-state index contributed by atoms with van der Waals surface area (Å²) >= 11 is 0. The molecule has 1 rings (SSSR count). The molecule has 0 aliphatic carbocycles. The van der Waals surface area contributed by atoms with Gasteiger partial charge in [0.15, 0.2) is 5.84 Å². The van der Waals surface area contributed by atoms with E-state index >= 15 is 0 Å². The van der Waals surface area contributed by atoms with Crippen molar-refractivity contribution >= 4 is 11.5 Å². The summed E-state index contributed by atoms with van der Waals surface area (Å²) in [4.78, 5) is 0. The Kier molecular flexibility index (Phi) is 3.91. The zero-order valence-electron chi connectivity index (χ0n) is 8.44. The van der Waals surface area contributed by atoms with Gasteiger partial charge in [-0.3, -0.25) is 0 Å². The highest BCUT2D eigenvalue weighted by molar-refractivity contribution is 5.87. The maximum Gasteiger partial charge on any atom is 0.161 e. The number of nitrogens with two attached hydrogens (primary N) is 1. The van der Waals surface area contributed by atoms with Gasteiger partial charge in [0.2, 0.25) is 0 Å². The highest BCUT2D eigenvalue weighted by Gasteiger charge is 2.10. The SMILES string of the molecule is CCC(Nc1ccc(F)cc1)C(N)=NO. The summed E-state index contributed by atoms with van der Waals surface area (Å²) in [6.45, 7) is 1.90. The largest absolute Gasteiger partial charge is 0.409 e. The van der Waals surface area contributed by atoms with Crippen LogP contribution in [0.1, 0.15) is 13.3 Å². The minimum absolute atomic E-state index is 0.113. The van der Waals surface area contributed by atoms with Crippen LogP contribution in [-0.2, 0) is 0 Å². The number of oxime groups is 1. The Morgan fingerprint density at radius 2 is 2.13 bits per heavy atom. The minimum atomic E-state index is -0.294. The zero-order chi connectivity index (χ0) is 11.3. The molecule has 1 unspecified atom stereocenters. The van der Waals surface area contributed by atoms with Gasteiger partial charge in [-0.2, -0.15) is 0 Å². The van der Waals surface area contributed by atoms with Gasteiger partial charge in [-0.25, -0.2) is 4.39 Å². The number of hydrogen-bond donors (Lipinski definition) is 3. The molecule has 0 radical (unpaired) electrons. The molecule has 0 spiro atoms. The van der Waals surface area contributed by atoms with Crippen LogP contribution in [0.4, 0.5) is 10.1 Å². The Morgan fingerprint density at radius 3 is 2.60 bits per heavy atom. The van der Waals surface area contributed by atoms with Crippen molar-refractivity contribution in [3.63, 3.8) is 0 Å². The number of hydrogen-bond acceptors (Lipinski definition) is 3. The first-order valence-corrected chi connectivity index (χ1v) is 4.67. The second kappa shape index (κ2) is 5.19. The second-order valence-corrected chi connectivity index (χ2v) is 3.14. The van der Waals surface area contributed by atoms with E-state index in [-0.39, 0.29) is 17.7 Å². The lowest BCUT2D eigenvalue weighted by Gasteiger charge is -2.16. The summed E-state index contributed by atoms with van der Waals surface area (Å²) in [6.07, 6.45) is 0.674. The molecule has 0 aliphatic rings. The van der Waals surface area contributed by atoms with Gasteiger partial charge < -0.3 is 16.3 Å². The first-order chi connectivity index (χ1) is 7.17. The molecule has 0 saturated carbocycles. The first kappa shape index (κ1) is 11.3. The molecule has 82 valence electrons. The van der Waals surface area contributed by atoms with E-state index in [1.165, 1.54) is 12.1 Å². The quantitative estimate of drug-likeness (QED) is 0.307. The Morgan fingerprint density at radius 1 is 1.53 bits per heavy atom. The highest BCUT2D eigenvalue weighted by Crippen LogP contribution is 2.10. The molecule has 0 fully saturated rings. The molecule has 4 nitrogen and oxygen atoms in total. The van der Waals surface area contributed by atoms with Crippen molar-refractivity contribution in [2.45, 2.75) is 19.4 Å². The van der Waals surface area contributed by atoms with E-state index in [0.29, 0.717) is 6.42 Å². The molecule has 0 aliphatic heterocycles. The van der Waals surface area contributed by atoms with Crippen molar-refractivity contribution in [1.29, 1.82) is 0 Å². The number of halogens is 1. The van der Waals surface area contributed by atoms with Crippen LogP contribution in [0, 0.1) is 5.82 Å². The molecule has 15 heavy (non-hydrogen) atoms. The van der Waals surface area contributed by atoms with Gasteiger partial charge in [0, 0.05) is 5.69 Å².